The minimum atomic E-state index is 0.297. The predicted molar refractivity (Wildman–Crippen MR) is 80.1 cm³/mol. The molecule has 0 saturated heterocycles. The molecule has 2 nitrogen and oxygen atoms in total. The van der Waals surface area contributed by atoms with Crippen molar-refractivity contribution in [3.05, 3.63) is 21.9 Å². The molecule has 18 heavy (non-hydrogen) atoms. The van der Waals surface area contributed by atoms with Gasteiger partial charge in [-0.1, -0.05) is 13.8 Å². The molecule has 3 heteroatoms. The Hall–Kier alpha value is -0.380. The molecule has 0 spiro atoms. The number of nitrogens with one attached hydrogen (secondary N) is 1. The summed E-state index contributed by atoms with van der Waals surface area (Å²) < 4.78 is 0. The third kappa shape index (κ3) is 5.51. The summed E-state index contributed by atoms with van der Waals surface area (Å²) in [6, 6.07) is 4.80. The summed E-state index contributed by atoms with van der Waals surface area (Å²) in [6.45, 7) is 10.2. The van der Waals surface area contributed by atoms with Crippen LogP contribution < -0.4 is 5.32 Å². The molecule has 104 valence electrons. The molecule has 0 aliphatic carbocycles. The Morgan fingerprint density at radius 2 is 2.00 bits per heavy atom. The van der Waals surface area contributed by atoms with E-state index in [1.165, 1.54) is 16.2 Å². The molecule has 1 rings (SSSR count). The average Bonchev–Trinajstić information content (AvgIpc) is 2.72. The van der Waals surface area contributed by atoms with Crippen molar-refractivity contribution in [3.63, 3.8) is 0 Å². The van der Waals surface area contributed by atoms with E-state index in [9.17, 15) is 0 Å². The largest absolute Gasteiger partial charge is 0.396 e. The van der Waals surface area contributed by atoms with E-state index in [1.807, 2.05) is 11.3 Å². The maximum atomic E-state index is 9.11. The van der Waals surface area contributed by atoms with Crippen LogP contribution in [0.15, 0.2) is 12.1 Å². The number of aliphatic hydroxyl groups excluding tert-OH is 1. The van der Waals surface area contributed by atoms with Gasteiger partial charge in [-0.3, -0.25) is 0 Å². The third-order valence-corrected chi connectivity index (χ3v) is 4.43. The van der Waals surface area contributed by atoms with Crippen LogP contribution in [0.2, 0.25) is 0 Å². The minimum absolute atomic E-state index is 0.297. The van der Waals surface area contributed by atoms with Gasteiger partial charge in [-0.25, -0.2) is 0 Å². The van der Waals surface area contributed by atoms with Gasteiger partial charge in [0.15, 0.2) is 0 Å². The molecular weight excluding hydrogens is 242 g/mol. The fourth-order valence-electron chi connectivity index (χ4n) is 2.28. The number of rotatable bonds is 8. The van der Waals surface area contributed by atoms with E-state index in [2.05, 4.69) is 45.1 Å². The van der Waals surface area contributed by atoms with Crippen molar-refractivity contribution in [2.75, 3.05) is 13.2 Å². The minimum Gasteiger partial charge on any atom is -0.396 e. The van der Waals surface area contributed by atoms with Crippen molar-refractivity contribution >= 4 is 11.3 Å². The lowest BCUT2D eigenvalue weighted by atomic mass is 9.94. The first-order valence-electron chi connectivity index (χ1n) is 6.93. The molecule has 2 atom stereocenters. The Labute approximate surface area is 115 Å². The number of aliphatic hydroxyl groups is 1. The Balaban J connectivity index is 2.41. The first-order chi connectivity index (χ1) is 8.52. The Morgan fingerprint density at radius 3 is 2.50 bits per heavy atom. The van der Waals surface area contributed by atoms with Crippen LogP contribution >= 0.6 is 11.3 Å². The van der Waals surface area contributed by atoms with Gasteiger partial charge in [-0.15, -0.1) is 11.3 Å². The molecule has 1 aromatic rings. The number of aryl methyl sites for hydroxylation is 1. The van der Waals surface area contributed by atoms with Gasteiger partial charge in [0.05, 0.1) is 0 Å². The zero-order chi connectivity index (χ0) is 13.5. The Bertz CT molecular complexity index is 335. The van der Waals surface area contributed by atoms with Crippen LogP contribution in [0.4, 0.5) is 0 Å². The highest BCUT2D eigenvalue weighted by molar-refractivity contribution is 7.12. The van der Waals surface area contributed by atoms with Crippen LogP contribution in [0.3, 0.4) is 0 Å². The van der Waals surface area contributed by atoms with Gasteiger partial charge < -0.3 is 10.4 Å². The van der Waals surface area contributed by atoms with Crippen LogP contribution in [0.1, 0.15) is 49.4 Å². The highest BCUT2D eigenvalue weighted by atomic mass is 32.1. The molecule has 0 amide bonds. The van der Waals surface area contributed by atoms with Crippen molar-refractivity contribution in [1.29, 1.82) is 0 Å². The van der Waals surface area contributed by atoms with E-state index in [4.69, 9.17) is 5.11 Å². The third-order valence-electron chi connectivity index (χ3n) is 3.24. The number of hydrogen-bond acceptors (Lipinski definition) is 3. The van der Waals surface area contributed by atoms with Crippen molar-refractivity contribution in [3.8, 4) is 0 Å². The summed E-state index contributed by atoms with van der Waals surface area (Å²) in [5, 5.41) is 12.7. The van der Waals surface area contributed by atoms with Gasteiger partial charge in [0.1, 0.15) is 0 Å². The smallest absolute Gasteiger partial charge is 0.0434 e. The highest BCUT2D eigenvalue weighted by Gasteiger charge is 2.13. The molecular formula is C15H27NOS. The summed E-state index contributed by atoms with van der Waals surface area (Å²) in [7, 11) is 0. The second-order valence-corrected chi connectivity index (χ2v) is 6.91. The molecule has 1 aromatic heterocycles. The molecule has 0 saturated carbocycles. The molecule has 2 N–H and O–H groups in total. The summed E-state index contributed by atoms with van der Waals surface area (Å²) in [5.41, 5.74) is 0. The van der Waals surface area contributed by atoms with Gasteiger partial charge in [0.2, 0.25) is 0 Å². The fourth-order valence-corrected chi connectivity index (χ4v) is 3.19. The molecule has 0 bridgehead atoms. The first kappa shape index (κ1) is 15.7. The maximum absolute atomic E-state index is 9.11. The van der Waals surface area contributed by atoms with Crippen LogP contribution in [0.25, 0.3) is 0 Å². The van der Waals surface area contributed by atoms with Gasteiger partial charge in [-0.05, 0) is 57.2 Å². The number of thiophene rings is 1. The Kier molecular flexibility index (Phi) is 6.90. The zero-order valence-electron chi connectivity index (χ0n) is 12.1. The van der Waals surface area contributed by atoms with Crippen molar-refractivity contribution in [1.82, 2.24) is 5.32 Å². The van der Waals surface area contributed by atoms with Gasteiger partial charge in [0.25, 0.3) is 0 Å². The molecule has 0 fully saturated rings. The van der Waals surface area contributed by atoms with E-state index in [1.54, 1.807) is 0 Å². The molecule has 2 unspecified atom stereocenters. The SMILES string of the molecule is Cc1ccc(C(C)NCC(CCO)CC(C)C)s1. The van der Waals surface area contributed by atoms with E-state index < -0.39 is 0 Å². The van der Waals surface area contributed by atoms with Crippen molar-refractivity contribution in [2.24, 2.45) is 11.8 Å². The predicted octanol–water partition coefficient (Wildman–Crippen LogP) is 3.75. The molecule has 0 aliphatic heterocycles. The second kappa shape index (κ2) is 7.93. The average molecular weight is 269 g/mol. The first-order valence-corrected chi connectivity index (χ1v) is 7.75. The van der Waals surface area contributed by atoms with Gasteiger partial charge in [-0.2, -0.15) is 0 Å². The molecule has 1 heterocycles. The quantitative estimate of drug-likeness (QED) is 0.753. The lowest BCUT2D eigenvalue weighted by Gasteiger charge is -2.21. The van der Waals surface area contributed by atoms with E-state index >= 15 is 0 Å². The summed E-state index contributed by atoms with van der Waals surface area (Å²) in [4.78, 5) is 2.77. The summed E-state index contributed by atoms with van der Waals surface area (Å²) in [5.74, 6) is 1.28. The van der Waals surface area contributed by atoms with Crippen LogP contribution in [-0.2, 0) is 0 Å². The monoisotopic (exact) mass is 269 g/mol. The van der Waals surface area contributed by atoms with Gasteiger partial charge >= 0.3 is 0 Å². The van der Waals surface area contributed by atoms with Crippen molar-refractivity contribution in [2.45, 2.75) is 46.6 Å². The van der Waals surface area contributed by atoms with Crippen molar-refractivity contribution < 1.29 is 5.11 Å². The van der Waals surface area contributed by atoms with Crippen LogP contribution in [0, 0.1) is 18.8 Å². The molecule has 0 aliphatic rings. The zero-order valence-corrected chi connectivity index (χ0v) is 12.9. The highest BCUT2D eigenvalue weighted by Crippen LogP contribution is 2.23. The normalized spacial score (nSPS) is 15.0. The standard InChI is InChI=1S/C15H27NOS/c1-11(2)9-14(7-8-17)10-16-13(4)15-6-5-12(3)18-15/h5-6,11,13-14,16-17H,7-10H2,1-4H3. The molecule has 0 radical (unpaired) electrons. The van der Waals surface area contributed by atoms with E-state index in [0.717, 1.165) is 13.0 Å². The lowest BCUT2D eigenvalue weighted by molar-refractivity contribution is 0.237. The van der Waals surface area contributed by atoms with Crippen LogP contribution in [-0.4, -0.2) is 18.3 Å². The summed E-state index contributed by atoms with van der Waals surface area (Å²) >= 11 is 1.86. The lowest BCUT2D eigenvalue weighted by Crippen LogP contribution is -2.26. The van der Waals surface area contributed by atoms with Crippen LogP contribution in [0.5, 0.6) is 0 Å². The maximum Gasteiger partial charge on any atom is 0.0434 e. The summed E-state index contributed by atoms with van der Waals surface area (Å²) in [6.07, 6.45) is 2.09. The van der Waals surface area contributed by atoms with E-state index in [0.29, 0.717) is 24.5 Å². The van der Waals surface area contributed by atoms with E-state index in [-0.39, 0.29) is 0 Å². The number of hydrogen-bond donors (Lipinski definition) is 2. The Morgan fingerprint density at radius 1 is 1.28 bits per heavy atom. The van der Waals surface area contributed by atoms with Gasteiger partial charge in [0, 0.05) is 22.4 Å². The fraction of sp³-hybridized carbons (Fsp3) is 0.733. The molecule has 0 aromatic carbocycles. The topological polar surface area (TPSA) is 32.3 Å². The second-order valence-electron chi connectivity index (χ2n) is 5.59.